The third-order valence-electron chi connectivity index (χ3n) is 5.14. The fourth-order valence-electron chi connectivity index (χ4n) is 3.72. The summed E-state index contributed by atoms with van der Waals surface area (Å²) in [5.41, 5.74) is 1.94. The molecule has 0 radical (unpaired) electrons. The van der Waals surface area contributed by atoms with Gasteiger partial charge in [0.05, 0.1) is 30.5 Å². The molecule has 2 saturated heterocycles. The van der Waals surface area contributed by atoms with E-state index < -0.39 is 0 Å². The van der Waals surface area contributed by atoms with Crippen LogP contribution in [0.1, 0.15) is 12.8 Å². The van der Waals surface area contributed by atoms with Crippen LogP contribution in [0.3, 0.4) is 0 Å². The Bertz CT molecular complexity index is 764. The van der Waals surface area contributed by atoms with Gasteiger partial charge in [-0.3, -0.25) is 4.79 Å². The maximum Gasteiger partial charge on any atom is 0.229 e. The van der Waals surface area contributed by atoms with Crippen molar-refractivity contribution in [3.05, 3.63) is 42.7 Å². The highest BCUT2D eigenvalue weighted by Crippen LogP contribution is 2.28. The van der Waals surface area contributed by atoms with Crippen molar-refractivity contribution in [2.45, 2.75) is 12.8 Å². The lowest BCUT2D eigenvalue weighted by atomic mass is 9.97. The van der Waals surface area contributed by atoms with E-state index in [0.29, 0.717) is 12.5 Å². The molecule has 1 N–H and O–H groups in total. The fourth-order valence-corrected chi connectivity index (χ4v) is 3.72. The van der Waals surface area contributed by atoms with E-state index in [9.17, 15) is 4.79 Å². The van der Waals surface area contributed by atoms with Gasteiger partial charge in [0, 0.05) is 38.6 Å². The van der Waals surface area contributed by atoms with Crippen LogP contribution < -0.4 is 15.1 Å². The summed E-state index contributed by atoms with van der Waals surface area (Å²) in [6, 6.07) is 9.82. The topological polar surface area (TPSA) is 70.6 Å². The Morgan fingerprint density at radius 1 is 1.04 bits per heavy atom. The van der Waals surface area contributed by atoms with Crippen molar-refractivity contribution in [3.8, 4) is 0 Å². The molecule has 0 bridgehead atoms. The van der Waals surface area contributed by atoms with Gasteiger partial charge in [0.2, 0.25) is 11.9 Å². The third-order valence-corrected chi connectivity index (χ3v) is 5.14. The van der Waals surface area contributed by atoms with Crippen molar-refractivity contribution in [2.75, 3.05) is 54.5 Å². The maximum absolute atomic E-state index is 13.0. The minimum atomic E-state index is -0.0692. The number of hydrogen-bond acceptors (Lipinski definition) is 6. The number of nitrogens with one attached hydrogen (secondary N) is 1. The van der Waals surface area contributed by atoms with Crippen LogP contribution in [0.2, 0.25) is 0 Å². The summed E-state index contributed by atoms with van der Waals surface area (Å²) in [5.74, 6) is 0.695. The van der Waals surface area contributed by atoms with E-state index in [-0.39, 0.29) is 11.8 Å². The molecule has 1 atom stereocenters. The van der Waals surface area contributed by atoms with E-state index in [1.54, 1.807) is 18.5 Å². The van der Waals surface area contributed by atoms with Crippen LogP contribution in [0, 0.1) is 5.92 Å². The average Bonchev–Trinajstić information content (AvgIpc) is 2.75. The molecule has 1 aromatic carbocycles. The van der Waals surface area contributed by atoms with Crippen molar-refractivity contribution in [3.63, 3.8) is 0 Å². The second kappa shape index (κ2) is 8.35. The van der Waals surface area contributed by atoms with Crippen molar-refractivity contribution in [2.24, 2.45) is 5.92 Å². The van der Waals surface area contributed by atoms with Crippen LogP contribution in [-0.2, 0) is 9.53 Å². The van der Waals surface area contributed by atoms with E-state index in [1.807, 2.05) is 18.2 Å². The van der Waals surface area contributed by atoms with Crippen LogP contribution >= 0.6 is 0 Å². The molecule has 2 fully saturated rings. The zero-order valence-corrected chi connectivity index (χ0v) is 15.4. The highest BCUT2D eigenvalue weighted by Gasteiger charge is 2.28. The van der Waals surface area contributed by atoms with Gasteiger partial charge in [-0.1, -0.05) is 12.1 Å². The van der Waals surface area contributed by atoms with Crippen molar-refractivity contribution >= 4 is 23.2 Å². The van der Waals surface area contributed by atoms with Gasteiger partial charge in [-0.25, -0.2) is 9.97 Å². The van der Waals surface area contributed by atoms with Gasteiger partial charge in [-0.05, 0) is 31.0 Å². The normalized spacial score (nSPS) is 20.4. The van der Waals surface area contributed by atoms with Gasteiger partial charge >= 0.3 is 0 Å². The molecule has 0 aliphatic carbocycles. The SMILES string of the molecule is O=C(Nc1ccccc1N1CCOCC1)C1CCCN(c2ncccn2)C1. The fraction of sp³-hybridized carbons (Fsp3) is 0.450. The van der Waals surface area contributed by atoms with Crippen LogP contribution in [0.15, 0.2) is 42.7 Å². The standard InChI is InChI=1S/C20H25N5O2/c26-19(16-5-3-10-25(15-16)20-21-8-4-9-22-20)23-17-6-1-2-7-18(17)24-11-13-27-14-12-24/h1-2,4,6-9,16H,3,5,10-15H2,(H,23,26). The first-order valence-electron chi connectivity index (χ1n) is 9.56. The Morgan fingerprint density at radius 3 is 2.63 bits per heavy atom. The van der Waals surface area contributed by atoms with E-state index in [1.165, 1.54) is 0 Å². The highest BCUT2D eigenvalue weighted by atomic mass is 16.5. The average molecular weight is 367 g/mol. The lowest BCUT2D eigenvalue weighted by molar-refractivity contribution is -0.120. The summed E-state index contributed by atoms with van der Waals surface area (Å²) in [7, 11) is 0. The largest absolute Gasteiger partial charge is 0.378 e. The molecule has 3 heterocycles. The van der Waals surface area contributed by atoms with Gasteiger partial charge in [0.25, 0.3) is 0 Å². The van der Waals surface area contributed by atoms with Gasteiger partial charge in [0.15, 0.2) is 0 Å². The highest BCUT2D eigenvalue weighted by molar-refractivity contribution is 5.96. The first-order chi connectivity index (χ1) is 13.3. The molecule has 2 aliphatic rings. The molecule has 0 saturated carbocycles. The number of para-hydroxylation sites is 2. The van der Waals surface area contributed by atoms with Gasteiger partial charge < -0.3 is 19.9 Å². The van der Waals surface area contributed by atoms with E-state index in [0.717, 1.165) is 57.1 Å². The summed E-state index contributed by atoms with van der Waals surface area (Å²) < 4.78 is 5.44. The number of rotatable bonds is 4. The molecule has 27 heavy (non-hydrogen) atoms. The molecular weight excluding hydrogens is 342 g/mol. The minimum absolute atomic E-state index is 0.0661. The van der Waals surface area contributed by atoms with E-state index in [2.05, 4.69) is 31.2 Å². The van der Waals surface area contributed by atoms with E-state index in [4.69, 9.17) is 4.74 Å². The van der Waals surface area contributed by atoms with Crippen molar-refractivity contribution < 1.29 is 9.53 Å². The summed E-state index contributed by atoms with van der Waals surface area (Å²) in [6.07, 6.45) is 5.32. The Morgan fingerprint density at radius 2 is 1.81 bits per heavy atom. The number of amides is 1. The number of hydrogen-bond donors (Lipinski definition) is 1. The number of nitrogens with zero attached hydrogens (tertiary/aromatic N) is 4. The van der Waals surface area contributed by atoms with Crippen LogP contribution in [-0.4, -0.2) is 55.3 Å². The maximum atomic E-state index is 13.0. The summed E-state index contributed by atoms with van der Waals surface area (Å²) in [4.78, 5) is 26.0. The quantitative estimate of drug-likeness (QED) is 0.893. The second-order valence-corrected chi connectivity index (χ2v) is 6.94. The first kappa shape index (κ1) is 17.7. The summed E-state index contributed by atoms with van der Waals surface area (Å²) in [5, 5.41) is 3.16. The zero-order valence-electron chi connectivity index (χ0n) is 15.4. The number of aromatic nitrogens is 2. The molecule has 142 valence electrons. The molecular formula is C20H25N5O2. The number of ether oxygens (including phenoxy) is 1. The molecule has 1 amide bonds. The Kier molecular flexibility index (Phi) is 5.48. The molecule has 1 aromatic heterocycles. The van der Waals surface area contributed by atoms with Crippen LogP contribution in [0.4, 0.5) is 17.3 Å². The lowest BCUT2D eigenvalue weighted by Crippen LogP contribution is -2.42. The molecule has 4 rings (SSSR count). The summed E-state index contributed by atoms with van der Waals surface area (Å²) in [6.45, 7) is 4.66. The second-order valence-electron chi connectivity index (χ2n) is 6.94. The molecule has 7 heteroatoms. The molecule has 1 unspecified atom stereocenters. The Hall–Kier alpha value is -2.67. The third kappa shape index (κ3) is 4.19. The van der Waals surface area contributed by atoms with Crippen molar-refractivity contribution in [1.82, 2.24) is 9.97 Å². The van der Waals surface area contributed by atoms with Gasteiger partial charge in [-0.15, -0.1) is 0 Å². The number of carbonyl (C=O) groups is 1. The molecule has 2 aliphatic heterocycles. The van der Waals surface area contributed by atoms with Crippen LogP contribution in [0.25, 0.3) is 0 Å². The van der Waals surface area contributed by atoms with Crippen molar-refractivity contribution in [1.29, 1.82) is 0 Å². The molecule has 0 spiro atoms. The van der Waals surface area contributed by atoms with Gasteiger partial charge in [-0.2, -0.15) is 0 Å². The molecule has 7 nitrogen and oxygen atoms in total. The smallest absolute Gasteiger partial charge is 0.229 e. The number of piperidine rings is 1. The number of carbonyl (C=O) groups excluding carboxylic acids is 1. The summed E-state index contributed by atoms with van der Waals surface area (Å²) >= 11 is 0. The molecule has 2 aromatic rings. The number of benzene rings is 1. The van der Waals surface area contributed by atoms with E-state index >= 15 is 0 Å². The first-order valence-corrected chi connectivity index (χ1v) is 9.56. The lowest BCUT2D eigenvalue weighted by Gasteiger charge is -2.33. The Labute approximate surface area is 159 Å². The zero-order chi connectivity index (χ0) is 18.5. The number of anilines is 3. The predicted molar refractivity (Wildman–Crippen MR) is 105 cm³/mol. The Balaban J connectivity index is 1.44. The predicted octanol–water partition coefficient (Wildman–Crippen LogP) is 2.17. The van der Waals surface area contributed by atoms with Gasteiger partial charge in [0.1, 0.15) is 0 Å². The minimum Gasteiger partial charge on any atom is -0.378 e. The number of morpholine rings is 1. The van der Waals surface area contributed by atoms with Crippen LogP contribution in [0.5, 0.6) is 0 Å². The monoisotopic (exact) mass is 367 g/mol.